The summed E-state index contributed by atoms with van der Waals surface area (Å²) in [6.07, 6.45) is 6.96. The number of fused-ring (bicyclic) bond motifs is 1. The molecule has 1 aromatic carbocycles. The first kappa shape index (κ1) is 37.0. The van der Waals surface area contributed by atoms with Crippen LogP contribution in [0, 0.1) is 17.8 Å². The number of carbonyl (C=O) groups excluding carboxylic acids is 3. The molecule has 11 heteroatoms. The molecule has 0 aromatic heterocycles. The third-order valence-electron chi connectivity index (χ3n) is 11.1. The van der Waals surface area contributed by atoms with Gasteiger partial charge < -0.3 is 34.0 Å². The molecule has 5 rings (SSSR count). The molecule has 11 nitrogen and oxygen atoms in total. The van der Waals surface area contributed by atoms with E-state index < -0.39 is 29.1 Å². The Morgan fingerprint density at radius 3 is 2.39 bits per heavy atom. The molecule has 0 saturated carbocycles. The number of hydrogen-bond acceptors (Lipinski definition) is 8. The lowest BCUT2D eigenvalue weighted by Gasteiger charge is -2.39. The molecular formula is C38H56N4O7. The standard InChI is InChI=1S/C38H56N4O7/c1-6-17-40(21-20-39-22-25-47-26-23-39)36(46)33-38-27-28(4)37(5,49-38)31(32(38)35(45)42(33)19-11-9-10-12-24-43)34(44)41(18-7-2)29-13-15-30(16-14-29)48-8-3/h6-7,13-16,28,31-33,43H,1-2,8-12,17-27H2,3-5H3/t28?,31-,32-,33?,37+,38?/m0/s1. The smallest absolute Gasteiger partial charge is 0.248 e. The van der Waals surface area contributed by atoms with Crippen molar-refractivity contribution >= 4 is 23.4 Å². The lowest BCUT2D eigenvalue weighted by atomic mass is 9.62. The Hall–Kier alpha value is -3.25. The van der Waals surface area contributed by atoms with Crippen LogP contribution >= 0.6 is 0 Å². The monoisotopic (exact) mass is 680 g/mol. The molecule has 4 heterocycles. The Balaban J connectivity index is 1.49. The van der Waals surface area contributed by atoms with Gasteiger partial charge in [-0.1, -0.05) is 31.9 Å². The molecule has 4 saturated heterocycles. The number of amides is 3. The van der Waals surface area contributed by atoms with Crippen LogP contribution in [0.15, 0.2) is 49.6 Å². The van der Waals surface area contributed by atoms with Crippen molar-refractivity contribution < 1.29 is 33.7 Å². The van der Waals surface area contributed by atoms with Gasteiger partial charge in [0, 0.05) is 58.1 Å². The highest BCUT2D eigenvalue weighted by molar-refractivity contribution is 6.03. The number of aliphatic hydroxyl groups excluding tert-OH is 1. The van der Waals surface area contributed by atoms with Crippen LogP contribution in [-0.2, 0) is 23.9 Å². The van der Waals surface area contributed by atoms with Crippen LogP contribution < -0.4 is 9.64 Å². The minimum atomic E-state index is -1.13. The van der Waals surface area contributed by atoms with Crippen LogP contribution in [0.2, 0.25) is 0 Å². The number of morpholine rings is 1. The van der Waals surface area contributed by atoms with Crippen molar-refractivity contribution in [3.63, 3.8) is 0 Å². The highest BCUT2D eigenvalue weighted by atomic mass is 16.5. The topological polar surface area (TPSA) is 112 Å². The van der Waals surface area contributed by atoms with Gasteiger partial charge in [-0.2, -0.15) is 0 Å². The Morgan fingerprint density at radius 1 is 1.04 bits per heavy atom. The van der Waals surface area contributed by atoms with E-state index in [1.54, 1.807) is 26.9 Å². The molecule has 270 valence electrons. The average molecular weight is 681 g/mol. The Labute approximate surface area is 291 Å². The van der Waals surface area contributed by atoms with Crippen molar-refractivity contribution in [1.82, 2.24) is 14.7 Å². The number of benzene rings is 1. The summed E-state index contributed by atoms with van der Waals surface area (Å²) >= 11 is 0. The van der Waals surface area contributed by atoms with E-state index in [1.165, 1.54) is 0 Å². The number of rotatable bonds is 18. The molecule has 6 atom stereocenters. The minimum absolute atomic E-state index is 0.0718. The van der Waals surface area contributed by atoms with Crippen molar-refractivity contribution in [2.75, 3.05) is 77.1 Å². The van der Waals surface area contributed by atoms with Gasteiger partial charge in [-0.25, -0.2) is 0 Å². The van der Waals surface area contributed by atoms with Gasteiger partial charge in [0.05, 0.1) is 37.3 Å². The molecule has 4 aliphatic heterocycles. The summed E-state index contributed by atoms with van der Waals surface area (Å²) in [5.41, 5.74) is -1.39. The average Bonchev–Trinajstić information content (AvgIpc) is 3.62. The predicted molar refractivity (Wildman–Crippen MR) is 188 cm³/mol. The molecule has 2 bridgehead atoms. The summed E-state index contributed by atoms with van der Waals surface area (Å²) in [7, 11) is 0. The van der Waals surface area contributed by atoms with Gasteiger partial charge in [-0.3, -0.25) is 19.3 Å². The van der Waals surface area contributed by atoms with Crippen LogP contribution in [-0.4, -0.2) is 127 Å². The van der Waals surface area contributed by atoms with Crippen molar-refractivity contribution in [1.29, 1.82) is 0 Å². The van der Waals surface area contributed by atoms with Crippen LogP contribution in [0.25, 0.3) is 0 Å². The molecule has 1 N–H and O–H groups in total. The summed E-state index contributed by atoms with van der Waals surface area (Å²) < 4.78 is 18.2. The number of aliphatic hydroxyl groups is 1. The summed E-state index contributed by atoms with van der Waals surface area (Å²) in [6.45, 7) is 19.6. The molecule has 0 radical (unpaired) electrons. The first-order valence-corrected chi connectivity index (χ1v) is 18.1. The zero-order chi connectivity index (χ0) is 35.2. The Morgan fingerprint density at radius 2 is 1.73 bits per heavy atom. The lowest BCUT2D eigenvalue weighted by Crippen LogP contribution is -2.57. The Kier molecular flexibility index (Phi) is 12.2. The van der Waals surface area contributed by atoms with Gasteiger partial charge >= 0.3 is 0 Å². The fourth-order valence-corrected chi connectivity index (χ4v) is 8.60. The van der Waals surface area contributed by atoms with E-state index in [9.17, 15) is 19.5 Å². The second-order valence-electron chi connectivity index (χ2n) is 14.1. The van der Waals surface area contributed by atoms with E-state index in [0.717, 1.165) is 25.9 Å². The molecule has 3 amide bonds. The SMILES string of the molecule is C=CCN(CCN1CCOCC1)C(=O)C1N(CCCCCCO)C(=O)[C@@H]2[C@@H](C(=O)N(CC=C)c3ccc(OCC)cc3)[C@]3(C)OC12CC3C. The van der Waals surface area contributed by atoms with Gasteiger partial charge in [0.25, 0.3) is 0 Å². The highest BCUT2D eigenvalue weighted by Crippen LogP contribution is 2.65. The van der Waals surface area contributed by atoms with Gasteiger partial charge in [0.15, 0.2) is 0 Å². The number of hydrogen-bond donors (Lipinski definition) is 1. The van der Waals surface area contributed by atoms with Crippen molar-refractivity contribution in [3.8, 4) is 5.75 Å². The summed E-state index contributed by atoms with van der Waals surface area (Å²) in [6, 6.07) is 6.53. The predicted octanol–water partition coefficient (Wildman–Crippen LogP) is 3.51. The van der Waals surface area contributed by atoms with Crippen LogP contribution in [0.4, 0.5) is 5.69 Å². The fraction of sp³-hybridized carbons (Fsp3) is 0.658. The maximum absolute atomic E-state index is 14.9. The largest absolute Gasteiger partial charge is 0.494 e. The van der Waals surface area contributed by atoms with Crippen LogP contribution in [0.3, 0.4) is 0 Å². The van der Waals surface area contributed by atoms with E-state index in [0.29, 0.717) is 76.7 Å². The van der Waals surface area contributed by atoms with Gasteiger partial charge in [-0.15, -0.1) is 13.2 Å². The number of nitrogens with zero attached hydrogens (tertiary/aromatic N) is 4. The molecule has 49 heavy (non-hydrogen) atoms. The van der Waals surface area contributed by atoms with Gasteiger partial charge in [0.1, 0.15) is 17.4 Å². The summed E-state index contributed by atoms with van der Waals surface area (Å²) in [4.78, 5) is 52.0. The first-order valence-electron chi connectivity index (χ1n) is 18.1. The van der Waals surface area contributed by atoms with Gasteiger partial charge in [-0.05, 0) is 63.3 Å². The second kappa shape index (κ2) is 16.2. The maximum Gasteiger partial charge on any atom is 0.248 e. The van der Waals surface area contributed by atoms with E-state index in [1.807, 2.05) is 38.1 Å². The number of likely N-dealkylation sites (tertiary alicyclic amines) is 1. The number of anilines is 1. The van der Waals surface area contributed by atoms with E-state index in [2.05, 4.69) is 25.0 Å². The normalized spacial score (nSPS) is 29.1. The Bertz CT molecular complexity index is 1330. The molecule has 1 aromatic rings. The molecule has 4 fully saturated rings. The minimum Gasteiger partial charge on any atom is -0.494 e. The number of unbranched alkanes of at least 4 members (excludes halogenated alkanes) is 3. The van der Waals surface area contributed by atoms with E-state index in [4.69, 9.17) is 14.2 Å². The van der Waals surface area contributed by atoms with Crippen molar-refractivity contribution in [2.24, 2.45) is 17.8 Å². The highest BCUT2D eigenvalue weighted by Gasteiger charge is 2.80. The third-order valence-corrected chi connectivity index (χ3v) is 11.1. The summed E-state index contributed by atoms with van der Waals surface area (Å²) in [5.74, 6) is -1.50. The second-order valence-corrected chi connectivity index (χ2v) is 14.1. The number of ether oxygens (including phenoxy) is 3. The zero-order valence-corrected chi connectivity index (χ0v) is 29.7. The fourth-order valence-electron chi connectivity index (χ4n) is 8.60. The van der Waals surface area contributed by atoms with Gasteiger partial charge in [0.2, 0.25) is 17.7 Å². The summed E-state index contributed by atoms with van der Waals surface area (Å²) in [5, 5.41) is 9.30. The quantitative estimate of drug-likeness (QED) is 0.185. The van der Waals surface area contributed by atoms with Crippen LogP contribution in [0.1, 0.15) is 52.9 Å². The molecular weight excluding hydrogens is 624 g/mol. The maximum atomic E-state index is 14.9. The van der Waals surface area contributed by atoms with Crippen molar-refractivity contribution in [3.05, 3.63) is 49.6 Å². The van der Waals surface area contributed by atoms with E-state index >= 15 is 0 Å². The zero-order valence-electron chi connectivity index (χ0n) is 29.7. The molecule has 4 aliphatic rings. The third kappa shape index (κ3) is 7.18. The van der Waals surface area contributed by atoms with Crippen molar-refractivity contribution in [2.45, 2.75) is 70.1 Å². The molecule has 1 spiro atoms. The lowest BCUT2D eigenvalue weighted by molar-refractivity contribution is -0.152. The number of carbonyl (C=O) groups is 3. The molecule has 3 unspecified atom stereocenters. The van der Waals surface area contributed by atoms with E-state index in [-0.39, 0.29) is 36.8 Å². The van der Waals surface area contributed by atoms with Crippen LogP contribution in [0.5, 0.6) is 5.75 Å². The first-order chi connectivity index (χ1) is 23.7. The molecule has 0 aliphatic carbocycles.